The Labute approximate surface area is 86.1 Å². The lowest BCUT2D eigenvalue weighted by atomic mass is 10.1. The molecule has 0 saturated carbocycles. The molecule has 0 aliphatic carbocycles. The zero-order valence-corrected chi connectivity index (χ0v) is 8.34. The molecule has 1 aromatic rings. The predicted octanol–water partition coefficient (Wildman–Crippen LogP) is -0.873. The molecule has 1 heterocycles. The van der Waals surface area contributed by atoms with E-state index in [1.165, 1.54) is 0 Å². The third-order valence-corrected chi connectivity index (χ3v) is 1.77. The minimum absolute atomic E-state index is 0.220. The van der Waals surface area contributed by atoms with Gasteiger partial charge in [0.2, 0.25) is 0 Å². The molecule has 0 aromatic carbocycles. The van der Waals surface area contributed by atoms with Gasteiger partial charge in [0.25, 0.3) is 0 Å². The maximum Gasteiger partial charge on any atom is 0.316 e. The number of nitrogens with one attached hydrogen (secondary N) is 1. The van der Waals surface area contributed by atoms with Crippen molar-refractivity contribution in [1.82, 2.24) is 20.6 Å². The van der Waals surface area contributed by atoms with E-state index in [0.717, 1.165) is 0 Å². The molecule has 0 aliphatic rings. The standard InChI is InChI=1S/C7H13N5O3/c1-2-14-7(13)5(3-4-15-8)6-9-11-12-10-6/h5H,2-4,8H2,1H3,(H,9,10,11,12). The monoisotopic (exact) mass is 215 g/mol. The minimum Gasteiger partial charge on any atom is -0.465 e. The lowest BCUT2D eigenvalue weighted by Gasteiger charge is -2.10. The number of nitrogens with two attached hydrogens (primary N) is 1. The van der Waals surface area contributed by atoms with Crippen LogP contribution >= 0.6 is 0 Å². The zero-order chi connectivity index (χ0) is 11.1. The zero-order valence-electron chi connectivity index (χ0n) is 8.34. The van der Waals surface area contributed by atoms with Gasteiger partial charge in [-0.3, -0.25) is 4.79 Å². The summed E-state index contributed by atoms with van der Waals surface area (Å²) in [6, 6.07) is 0. The Balaban J connectivity index is 2.65. The number of aromatic amines is 1. The number of rotatable bonds is 6. The Kier molecular flexibility index (Phi) is 4.64. The van der Waals surface area contributed by atoms with Crippen LogP contribution in [0.5, 0.6) is 0 Å². The van der Waals surface area contributed by atoms with Gasteiger partial charge in [-0.15, -0.1) is 10.2 Å². The lowest BCUT2D eigenvalue weighted by Crippen LogP contribution is -2.20. The van der Waals surface area contributed by atoms with Gasteiger partial charge in [-0.2, -0.15) is 5.21 Å². The summed E-state index contributed by atoms with van der Waals surface area (Å²) >= 11 is 0. The molecule has 1 atom stereocenters. The van der Waals surface area contributed by atoms with E-state index in [1.807, 2.05) is 0 Å². The molecule has 0 amide bonds. The number of ether oxygens (including phenoxy) is 1. The average Bonchev–Trinajstić information content (AvgIpc) is 2.72. The van der Waals surface area contributed by atoms with Crippen LogP contribution in [0.1, 0.15) is 25.1 Å². The molecule has 84 valence electrons. The van der Waals surface area contributed by atoms with Crippen molar-refractivity contribution in [3.63, 3.8) is 0 Å². The maximum atomic E-state index is 11.5. The molecule has 0 saturated heterocycles. The molecule has 0 radical (unpaired) electrons. The molecule has 15 heavy (non-hydrogen) atoms. The van der Waals surface area contributed by atoms with Crippen molar-refractivity contribution in [1.29, 1.82) is 0 Å². The van der Waals surface area contributed by atoms with Crippen molar-refractivity contribution in [2.45, 2.75) is 19.3 Å². The molecule has 8 nitrogen and oxygen atoms in total. The van der Waals surface area contributed by atoms with Crippen molar-refractivity contribution in [3.8, 4) is 0 Å². The van der Waals surface area contributed by atoms with Gasteiger partial charge in [0, 0.05) is 0 Å². The number of aromatic nitrogens is 4. The van der Waals surface area contributed by atoms with Gasteiger partial charge in [-0.25, -0.2) is 5.90 Å². The molecule has 1 aromatic heterocycles. The van der Waals surface area contributed by atoms with Crippen LogP contribution < -0.4 is 5.90 Å². The van der Waals surface area contributed by atoms with E-state index in [-0.39, 0.29) is 12.4 Å². The summed E-state index contributed by atoms with van der Waals surface area (Å²) < 4.78 is 4.87. The largest absolute Gasteiger partial charge is 0.465 e. The number of tetrazole rings is 1. The van der Waals surface area contributed by atoms with Crippen LogP contribution in [0.3, 0.4) is 0 Å². The molecule has 0 fully saturated rings. The number of carbonyl (C=O) groups excluding carboxylic acids is 1. The van der Waals surface area contributed by atoms with E-state index in [0.29, 0.717) is 13.0 Å². The number of hydrogen-bond acceptors (Lipinski definition) is 7. The molecule has 1 rings (SSSR count). The van der Waals surface area contributed by atoms with Gasteiger partial charge in [-0.05, 0) is 13.3 Å². The van der Waals surface area contributed by atoms with Crippen LogP contribution in [0.15, 0.2) is 0 Å². The van der Waals surface area contributed by atoms with E-state index in [4.69, 9.17) is 10.6 Å². The minimum atomic E-state index is -0.591. The third kappa shape index (κ3) is 3.26. The number of hydrogen-bond donors (Lipinski definition) is 2. The summed E-state index contributed by atoms with van der Waals surface area (Å²) in [4.78, 5) is 15.9. The van der Waals surface area contributed by atoms with Crippen LogP contribution in [0, 0.1) is 0 Å². The first-order valence-corrected chi connectivity index (χ1v) is 4.51. The van der Waals surface area contributed by atoms with E-state index >= 15 is 0 Å². The lowest BCUT2D eigenvalue weighted by molar-refractivity contribution is -0.145. The van der Waals surface area contributed by atoms with E-state index in [1.54, 1.807) is 6.92 Å². The fourth-order valence-electron chi connectivity index (χ4n) is 1.10. The normalized spacial score (nSPS) is 12.4. The number of nitrogens with zero attached hydrogens (tertiary/aromatic N) is 3. The first-order valence-electron chi connectivity index (χ1n) is 4.51. The summed E-state index contributed by atoms with van der Waals surface area (Å²) in [7, 11) is 0. The smallest absolute Gasteiger partial charge is 0.316 e. The summed E-state index contributed by atoms with van der Waals surface area (Å²) in [6.45, 7) is 2.25. The number of carbonyl (C=O) groups is 1. The Bertz CT molecular complexity index is 289. The van der Waals surface area contributed by atoms with Gasteiger partial charge < -0.3 is 9.57 Å². The van der Waals surface area contributed by atoms with Gasteiger partial charge in [-0.1, -0.05) is 5.21 Å². The van der Waals surface area contributed by atoms with Crippen LogP contribution in [0.2, 0.25) is 0 Å². The second-order valence-electron chi connectivity index (χ2n) is 2.73. The molecular formula is C7H13N5O3. The van der Waals surface area contributed by atoms with Gasteiger partial charge in [0.05, 0.1) is 13.2 Å². The summed E-state index contributed by atoms with van der Waals surface area (Å²) in [5, 5.41) is 13.1. The number of H-pyrrole nitrogens is 1. The Morgan fingerprint density at radius 3 is 3.00 bits per heavy atom. The second kappa shape index (κ2) is 6.04. The van der Waals surface area contributed by atoms with Crippen LogP contribution in [-0.4, -0.2) is 39.8 Å². The Morgan fingerprint density at radius 1 is 1.67 bits per heavy atom. The van der Waals surface area contributed by atoms with Gasteiger partial charge >= 0.3 is 5.97 Å². The summed E-state index contributed by atoms with van der Waals surface area (Å²) in [5.74, 6) is 4.17. The molecule has 0 spiro atoms. The number of esters is 1. The fraction of sp³-hybridized carbons (Fsp3) is 0.714. The van der Waals surface area contributed by atoms with Gasteiger partial charge in [0.1, 0.15) is 5.92 Å². The first kappa shape index (κ1) is 11.5. The highest BCUT2D eigenvalue weighted by molar-refractivity contribution is 5.76. The molecular weight excluding hydrogens is 202 g/mol. The predicted molar refractivity (Wildman–Crippen MR) is 48.3 cm³/mol. The van der Waals surface area contributed by atoms with Crippen molar-refractivity contribution < 1.29 is 14.4 Å². The van der Waals surface area contributed by atoms with Crippen molar-refractivity contribution >= 4 is 5.97 Å². The van der Waals surface area contributed by atoms with E-state index in [2.05, 4.69) is 25.5 Å². The van der Waals surface area contributed by atoms with E-state index < -0.39 is 11.9 Å². The summed E-state index contributed by atoms with van der Waals surface area (Å²) in [6.07, 6.45) is 0.356. The molecule has 0 bridgehead atoms. The second-order valence-corrected chi connectivity index (χ2v) is 2.73. The van der Waals surface area contributed by atoms with E-state index in [9.17, 15) is 4.79 Å². The topological polar surface area (TPSA) is 116 Å². The molecule has 1 unspecified atom stereocenters. The molecule has 0 aliphatic heterocycles. The quantitative estimate of drug-likeness (QED) is 0.467. The highest BCUT2D eigenvalue weighted by atomic mass is 16.6. The van der Waals surface area contributed by atoms with Crippen molar-refractivity contribution in [3.05, 3.63) is 5.82 Å². The Morgan fingerprint density at radius 2 is 2.47 bits per heavy atom. The highest BCUT2D eigenvalue weighted by Crippen LogP contribution is 2.16. The van der Waals surface area contributed by atoms with Gasteiger partial charge in [0.15, 0.2) is 5.82 Å². The Hall–Kier alpha value is -1.54. The first-order chi connectivity index (χ1) is 7.29. The fourth-order valence-corrected chi connectivity index (χ4v) is 1.10. The highest BCUT2D eigenvalue weighted by Gasteiger charge is 2.25. The van der Waals surface area contributed by atoms with Crippen LogP contribution in [-0.2, 0) is 14.4 Å². The van der Waals surface area contributed by atoms with Crippen LogP contribution in [0.4, 0.5) is 0 Å². The average molecular weight is 215 g/mol. The SMILES string of the molecule is CCOC(=O)C(CCON)c1nn[nH]n1. The third-order valence-electron chi connectivity index (χ3n) is 1.77. The van der Waals surface area contributed by atoms with Crippen molar-refractivity contribution in [2.75, 3.05) is 13.2 Å². The van der Waals surface area contributed by atoms with Crippen LogP contribution in [0.25, 0.3) is 0 Å². The van der Waals surface area contributed by atoms with Crippen molar-refractivity contribution in [2.24, 2.45) is 5.90 Å². The molecule has 3 N–H and O–H groups in total. The summed E-state index contributed by atoms with van der Waals surface area (Å²) in [5.41, 5.74) is 0. The maximum absolute atomic E-state index is 11.5. The molecule has 8 heteroatoms.